The molecule has 1 N–H and O–H groups in total. The highest BCUT2D eigenvalue weighted by molar-refractivity contribution is 7.16. The fourth-order valence-electron chi connectivity index (χ4n) is 3.79. The average molecular weight is 427 g/mol. The highest BCUT2D eigenvalue weighted by Gasteiger charge is 2.27. The standard InChI is InChI=1S/C23H26N2O4S/c1-7-17(21(27)24-22-19(23(28)29-6)14(4)15(5)30-22)25-18(26)11-13(3)16-10-8-9-12(2)20(16)25/h8-11,17H,7H2,1-6H3,(H,24,27). The van der Waals surface area contributed by atoms with E-state index in [1.54, 1.807) is 10.6 Å². The number of pyridine rings is 1. The highest BCUT2D eigenvalue weighted by Crippen LogP contribution is 2.34. The lowest BCUT2D eigenvalue weighted by Gasteiger charge is -2.22. The first-order valence-corrected chi connectivity index (χ1v) is 10.6. The van der Waals surface area contributed by atoms with Crippen molar-refractivity contribution < 1.29 is 14.3 Å². The molecule has 1 aromatic carbocycles. The molecule has 0 saturated heterocycles. The molecular weight excluding hydrogens is 400 g/mol. The fourth-order valence-corrected chi connectivity index (χ4v) is 4.84. The molecule has 0 radical (unpaired) electrons. The van der Waals surface area contributed by atoms with Gasteiger partial charge in [0.05, 0.1) is 18.2 Å². The lowest BCUT2D eigenvalue weighted by Crippen LogP contribution is -2.33. The lowest BCUT2D eigenvalue weighted by atomic mass is 10.0. The molecule has 1 atom stereocenters. The zero-order valence-electron chi connectivity index (χ0n) is 18.1. The molecule has 7 heteroatoms. The van der Waals surface area contributed by atoms with E-state index >= 15 is 0 Å². The molecular formula is C23H26N2O4S. The number of hydrogen-bond acceptors (Lipinski definition) is 5. The van der Waals surface area contributed by atoms with Crippen LogP contribution in [0.15, 0.2) is 29.1 Å². The van der Waals surface area contributed by atoms with Crippen molar-refractivity contribution in [3.05, 3.63) is 61.8 Å². The molecule has 2 heterocycles. The number of amides is 1. The summed E-state index contributed by atoms with van der Waals surface area (Å²) in [6.45, 7) is 9.41. The molecule has 3 aromatic rings. The van der Waals surface area contributed by atoms with E-state index in [1.807, 2.05) is 52.8 Å². The van der Waals surface area contributed by atoms with Crippen LogP contribution < -0.4 is 10.9 Å². The van der Waals surface area contributed by atoms with E-state index in [-0.39, 0.29) is 11.5 Å². The molecule has 0 saturated carbocycles. The molecule has 0 aliphatic carbocycles. The summed E-state index contributed by atoms with van der Waals surface area (Å²) < 4.78 is 6.46. The molecule has 3 rings (SSSR count). The number of nitrogens with one attached hydrogen (secondary N) is 1. The van der Waals surface area contributed by atoms with Gasteiger partial charge >= 0.3 is 5.97 Å². The Morgan fingerprint density at radius 3 is 2.50 bits per heavy atom. The van der Waals surface area contributed by atoms with Crippen LogP contribution in [0.5, 0.6) is 0 Å². The van der Waals surface area contributed by atoms with E-state index < -0.39 is 12.0 Å². The molecule has 1 unspecified atom stereocenters. The minimum absolute atomic E-state index is 0.219. The summed E-state index contributed by atoms with van der Waals surface area (Å²) in [5.74, 6) is -0.826. The number of carbonyl (C=O) groups is 2. The van der Waals surface area contributed by atoms with Crippen LogP contribution in [-0.4, -0.2) is 23.6 Å². The second kappa shape index (κ2) is 8.44. The number of para-hydroxylation sites is 1. The van der Waals surface area contributed by atoms with Crippen molar-refractivity contribution >= 4 is 39.1 Å². The summed E-state index contributed by atoms with van der Waals surface area (Å²) >= 11 is 1.33. The second-order valence-electron chi connectivity index (χ2n) is 7.40. The first-order valence-electron chi connectivity index (χ1n) is 9.81. The van der Waals surface area contributed by atoms with Crippen molar-refractivity contribution in [3.8, 4) is 0 Å². The van der Waals surface area contributed by atoms with Gasteiger partial charge < -0.3 is 10.1 Å². The molecule has 158 valence electrons. The number of carbonyl (C=O) groups excluding carboxylic acids is 2. The van der Waals surface area contributed by atoms with Crippen LogP contribution in [-0.2, 0) is 9.53 Å². The normalized spacial score (nSPS) is 12.1. The molecule has 0 spiro atoms. The van der Waals surface area contributed by atoms with E-state index in [0.29, 0.717) is 17.0 Å². The maximum atomic E-state index is 13.3. The third-order valence-electron chi connectivity index (χ3n) is 5.49. The number of rotatable bonds is 5. The zero-order valence-corrected chi connectivity index (χ0v) is 18.9. The Hall–Kier alpha value is -2.93. The molecule has 6 nitrogen and oxygen atoms in total. The molecule has 0 bridgehead atoms. The van der Waals surface area contributed by atoms with Crippen LogP contribution in [0.4, 0.5) is 5.00 Å². The minimum atomic E-state index is -0.713. The van der Waals surface area contributed by atoms with Crippen LogP contribution >= 0.6 is 11.3 Å². The molecule has 0 aliphatic rings. The van der Waals surface area contributed by atoms with E-state index in [2.05, 4.69) is 5.32 Å². The summed E-state index contributed by atoms with van der Waals surface area (Å²) in [5.41, 5.74) is 3.49. The second-order valence-corrected chi connectivity index (χ2v) is 8.62. The first kappa shape index (κ1) is 21.8. The molecule has 0 fully saturated rings. The van der Waals surface area contributed by atoms with Gasteiger partial charge in [0.15, 0.2) is 0 Å². The van der Waals surface area contributed by atoms with Gasteiger partial charge in [-0.05, 0) is 50.8 Å². The zero-order chi connectivity index (χ0) is 22.2. The van der Waals surface area contributed by atoms with Gasteiger partial charge in [0, 0.05) is 16.3 Å². The quantitative estimate of drug-likeness (QED) is 0.601. The number of ether oxygens (including phenoxy) is 1. The van der Waals surface area contributed by atoms with Crippen LogP contribution in [0, 0.1) is 27.7 Å². The van der Waals surface area contributed by atoms with Crippen LogP contribution in [0.1, 0.15) is 51.3 Å². The SMILES string of the molecule is CCC(C(=O)Nc1sc(C)c(C)c1C(=O)OC)n1c(=O)cc(C)c2cccc(C)c21. The minimum Gasteiger partial charge on any atom is -0.465 e. The summed E-state index contributed by atoms with van der Waals surface area (Å²) in [6, 6.07) is 6.69. The van der Waals surface area contributed by atoms with Crippen molar-refractivity contribution in [3.63, 3.8) is 0 Å². The Balaban J connectivity index is 2.11. The molecule has 30 heavy (non-hydrogen) atoms. The highest BCUT2D eigenvalue weighted by atomic mass is 32.1. The predicted molar refractivity (Wildman–Crippen MR) is 121 cm³/mol. The van der Waals surface area contributed by atoms with Crippen LogP contribution in [0.3, 0.4) is 0 Å². The molecule has 1 amide bonds. The van der Waals surface area contributed by atoms with E-state index in [0.717, 1.165) is 32.5 Å². The summed E-state index contributed by atoms with van der Waals surface area (Å²) in [5, 5.41) is 4.27. The topological polar surface area (TPSA) is 77.4 Å². The van der Waals surface area contributed by atoms with Crippen LogP contribution in [0.2, 0.25) is 0 Å². The summed E-state index contributed by atoms with van der Waals surface area (Å²) in [4.78, 5) is 39.4. The largest absolute Gasteiger partial charge is 0.465 e. The number of methoxy groups -OCH3 is 1. The summed E-state index contributed by atoms with van der Waals surface area (Å²) in [7, 11) is 1.32. The van der Waals surface area contributed by atoms with E-state index in [4.69, 9.17) is 4.74 Å². The van der Waals surface area contributed by atoms with Gasteiger partial charge in [-0.25, -0.2) is 4.79 Å². The number of nitrogens with zero attached hydrogens (tertiary/aromatic N) is 1. The molecule has 2 aromatic heterocycles. The molecule has 0 aliphatic heterocycles. The van der Waals surface area contributed by atoms with Crippen molar-refractivity contribution in [1.29, 1.82) is 0 Å². The van der Waals surface area contributed by atoms with Crippen LogP contribution in [0.25, 0.3) is 10.9 Å². The van der Waals surface area contributed by atoms with Gasteiger partial charge in [-0.3, -0.25) is 14.2 Å². The Morgan fingerprint density at radius 1 is 1.17 bits per heavy atom. The van der Waals surface area contributed by atoms with Gasteiger partial charge in [0.2, 0.25) is 5.91 Å². The maximum absolute atomic E-state index is 13.3. The Labute approximate surface area is 179 Å². The smallest absolute Gasteiger partial charge is 0.341 e. The van der Waals surface area contributed by atoms with Gasteiger partial charge in [-0.1, -0.05) is 25.1 Å². The Kier molecular flexibility index (Phi) is 6.12. The van der Waals surface area contributed by atoms with Crippen molar-refractivity contribution in [2.24, 2.45) is 0 Å². The number of anilines is 1. The Morgan fingerprint density at radius 2 is 1.87 bits per heavy atom. The monoisotopic (exact) mass is 426 g/mol. The number of thiophene rings is 1. The van der Waals surface area contributed by atoms with E-state index in [1.165, 1.54) is 18.4 Å². The number of hydrogen-bond donors (Lipinski definition) is 1. The third kappa shape index (κ3) is 3.65. The number of aromatic nitrogens is 1. The number of aryl methyl sites for hydroxylation is 3. The predicted octanol–water partition coefficient (Wildman–Crippen LogP) is 4.67. The van der Waals surface area contributed by atoms with Gasteiger partial charge in [0.25, 0.3) is 5.56 Å². The van der Waals surface area contributed by atoms with E-state index in [9.17, 15) is 14.4 Å². The number of benzene rings is 1. The number of esters is 1. The van der Waals surface area contributed by atoms with Crippen molar-refractivity contribution in [2.45, 2.75) is 47.1 Å². The Bertz CT molecular complexity index is 1210. The number of fused-ring (bicyclic) bond motifs is 1. The maximum Gasteiger partial charge on any atom is 0.341 e. The van der Waals surface area contributed by atoms with Crippen molar-refractivity contribution in [1.82, 2.24) is 4.57 Å². The van der Waals surface area contributed by atoms with Gasteiger partial charge in [-0.15, -0.1) is 11.3 Å². The third-order valence-corrected chi connectivity index (χ3v) is 6.62. The fraction of sp³-hybridized carbons (Fsp3) is 0.348. The first-order chi connectivity index (χ1) is 14.2. The lowest BCUT2D eigenvalue weighted by molar-refractivity contribution is -0.119. The van der Waals surface area contributed by atoms with Crippen molar-refractivity contribution in [2.75, 3.05) is 12.4 Å². The average Bonchev–Trinajstić information content (AvgIpc) is 2.97. The summed E-state index contributed by atoms with van der Waals surface area (Å²) in [6.07, 6.45) is 0.426. The van der Waals surface area contributed by atoms with Gasteiger partial charge in [0.1, 0.15) is 11.0 Å². The van der Waals surface area contributed by atoms with Gasteiger partial charge in [-0.2, -0.15) is 0 Å².